The molecule has 0 radical (unpaired) electrons. The van der Waals surface area contributed by atoms with E-state index in [4.69, 9.17) is 0 Å². The first-order valence-corrected chi connectivity index (χ1v) is 11.2. The van der Waals surface area contributed by atoms with Gasteiger partial charge in [0.15, 0.2) is 0 Å². The average Bonchev–Trinajstić information content (AvgIpc) is 2.69. The van der Waals surface area contributed by atoms with Crippen LogP contribution in [0.2, 0.25) is 0 Å². The maximum absolute atomic E-state index is 14.3. The van der Waals surface area contributed by atoms with Crippen molar-refractivity contribution in [3.8, 4) is 0 Å². The smallest absolute Gasteiger partial charge is 0.460 e. The molecule has 0 atom stereocenters. The fourth-order valence-corrected chi connectivity index (χ4v) is 4.04. The number of alkyl halides is 17. The third kappa shape index (κ3) is 5.88. The first-order chi connectivity index (χ1) is 17.0. The molecule has 0 heterocycles. The molecule has 240 valence electrons. The number of hydrogen-bond donors (Lipinski definition) is 0. The number of quaternary nitrogens is 1. The lowest BCUT2D eigenvalue weighted by molar-refractivity contribution is -0.870. The van der Waals surface area contributed by atoms with Crippen LogP contribution in [0.5, 0.6) is 0 Å². The zero-order valence-electron chi connectivity index (χ0n) is 19.7. The number of aliphatic carboxylic acids is 1. The Morgan fingerprint density at radius 1 is 0.650 bits per heavy atom. The van der Waals surface area contributed by atoms with Crippen molar-refractivity contribution >= 4 is 16.0 Å². The van der Waals surface area contributed by atoms with E-state index in [1.807, 2.05) is 0 Å². The van der Waals surface area contributed by atoms with Gasteiger partial charge >= 0.3 is 47.0 Å². The summed E-state index contributed by atoms with van der Waals surface area (Å²) in [5, 5.41) is 2.88. The highest BCUT2D eigenvalue weighted by atomic mass is 32.2. The van der Waals surface area contributed by atoms with Crippen molar-refractivity contribution in [3.63, 3.8) is 0 Å². The molecule has 0 rings (SSSR count). The summed E-state index contributed by atoms with van der Waals surface area (Å²) in [4.78, 5) is 10.7. The van der Waals surface area contributed by atoms with Crippen LogP contribution in [-0.4, -0.2) is 111 Å². The molecule has 0 spiro atoms. The van der Waals surface area contributed by atoms with Crippen LogP contribution in [0.4, 0.5) is 74.6 Å². The summed E-state index contributed by atoms with van der Waals surface area (Å²) < 4.78 is 250. The molecule has 0 aliphatic rings. The van der Waals surface area contributed by atoms with Gasteiger partial charge in [0.1, 0.15) is 0 Å². The van der Waals surface area contributed by atoms with Crippen LogP contribution >= 0.6 is 0 Å². The highest BCUT2D eigenvalue weighted by molar-refractivity contribution is 7.90. The molecule has 40 heavy (non-hydrogen) atoms. The number of rotatable bonds is 14. The van der Waals surface area contributed by atoms with Gasteiger partial charge in [-0.2, -0.15) is 78.9 Å². The predicted molar refractivity (Wildman–Crippen MR) is 93.7 cm³/mol. The van der Waals surface area contributed by atoms with Gasteiger partial charge in [-0.05, 0) is 0 Å². The van der Waals surface area contributed by atoms with E-state index in [1.54, 1.807) is 0 Å². The minimum Gasteiger partial charge on any atom is -0.549 e. The third-order valence-corrected chi connectivity index (χ3v) is 6.79. The van der Waals surface area contributed by atoms with Gasteiger partial charge in [-0.15, -0.1) is 0 Å². The largest absolute Gasteiger partial charge is 0.549 e. The highest BCUT2D eigenvalue weighted by Gasteiger charge is 2.96. The topological polar surface area (TPSA) is 77.5 Å². The molecule has 0 aliphatic carbocycles. The van der Waals surface area contributed by atoms with Crippen LogP contribution in [0, 0.1) is 0 Å². The monoisotopic (exact) mass is 656 g/mol. The Kier molecular flexibility index (Phi) is 9.97. The van der Waals surface area contributed by atoms with Gasteiger partial charge in [-0.25, -0.2) is 8.42 Å². The zero-order valence-corrected chi connectivity index (χ0v) is 20.5. The van der Waals surface area contributed by atoms with E-state index in [1.165, 1.54) is 21.1 Å². The Morgan fingerprint density at radius 2 is 0.975 bits per heavy atom. The second-order valence-corrected chi connectivity index (χ2v) is 11.0. The van der Waals surface area contributed by atoms with Crippen molar-refractivity contribution in [3.05, 3.63) is 0 Å². The van der Waals surface area contributed by atoms with E-state index < -0.39 is 86.8 Å². The molecule has 0 N–H and O–H groups in total. The summed E-state index contributed by atoms with van der Waals surface area (Å²) in [5.41, 5.74) is 0. The van der Waals surface area contributed by atoms with Crippen molar-refractivity contribution in [2.24, 2.45) is 0 Å². The Hall–Kier alpha value is -1.85. The summed E-state index contributed by atoms with van der Waals surface area (Å²) in [6, 6.07) is 0. The lowest BCUT2D eigenvalue weighted by Crippen LogP contribution is -2.75. The maximum atomic E-state index is 14.3. The van der Waals surface area contributed by atoms with E-state index in [9.17, 15) is 93.0 Å². The van der Waals surface area contributed by atoms with E-state index in [-0.39, 0.29) is 11.0 Å². The molecule has 0 aliphatic heterocycles. The van der Waals surface area contributed by atoms with Gasteiger partial charge < -0.3 is 14.4 Å². The van der Waals surface area contributed by atoms with Gasteiger partial charge in [-0.1, -0.05) is 0 Å². The number of hydrogen-bond acceptors (Lipinski definition) is 4. The van der Waals surface area contributed by atoms with Gasteiger partial charge in [0.2, 0.25) is 0 Å². The zero-order chi connectivity index (χ0) is 33.0. The Labute approximate surface area is 212 Å². The minimum absolute atomic E-state index is 0.179. The number of sulfonamides is 1. The quantitative estimate of drug-likeness (QED) is 0.212. The number of carboxylic acid groups (broad SMARTS) is 1. The maximum Gasteiger partial charge on any atom is 0.460 e. The summed E-state index contributed by atoms with van der Waals surface area (Å²) in [5.74, 6) is -55.1. The minimum atomic E-state index is -8.97. The van der Waals surface area contributed by atoms with E-state index >= 15 is 0 Å². The van der Waals surface area contributed by atoms with Crippen molar-refractivity contribution in [1.82, 2.24) is 4.31 Å². The fraction of sp³-hybridized carbons (Fsp3) is 0.938. The highest BCUT2D eigenvalue weighted by Crippen LogP contribution is 2.64. The first kappa shape index (κ1) is 38.1. The molecule has 0 amide bonds. The van der Waals surface area contributed by atoms with Crippen LogP contribution in [0.25, 0.3) is 0 Å². The van der Waals surface area contributed by atoms with E-state index in [0.717, 1.165) is 0 Å². The van der Waals surface area contributed by atoms with Crippen LogP contribution in [-0.2, 0) is 14.8 Å². The molecule has 24 heteroatoms. The number of nitrogens with zero attached hydrogens (tertiary/aromatic N) is 2. The lowest BCUT2D eigenvalue weighted by Gasteiger charge is -2.43. The van der Waals surface area contributed by atoms with Gasteiger partial charge in [0.25, 0.3) is 10.0 Å². The summed E-state index contributed by atoms with van der Waals surface area (Å²) in [7, 11) is -3.70. The van der Waals surface area contributed by atoms with Crippen LogP contribution in [0.1, 0.15) is 6.42 Å². The summed E-state index contributed by atoms with van der Waals surface area (Å²) >= 11 is 0. The van der Waals surface area contributed by atoms with E-state index in [0.29, 0.717) is 0 Å². The molecule has 0 aromatic heterocycles. The Balaban J connectivity index is 7.00. The molecular weight excluding hydrogens is 639 g/mol. The summed E-state index contributed by atoms with van der Waals surface area (Å²) in [6.45, 7) is -4.28. The normalized spacial score (nSPS) is 16.0. The SMILES string of the molecule is C[N+](C)(C)CCCN(CC(=O)[O-])S(=O)(=O)C(F)(F)C(F)(F)C(F)(F)C(F)(F)C(F)(F)C(F)(F)C(F)(F)C(F)(F)F. The Morgan fingerprint density at radius 3 is 1.27 bits per heavy atom. The molecule has 0 unspecified atom stereocenters. The van der Waals surface area contributed by atoms with Gasteiger partial charge in [0, 0.05) is 13.0 Å². The molecule has 0 saturated heterocycles. The molecule has 0 aromatic carbocycles. The third-order valence-electron chi connectivity index (χ3n) is 4.90. The second-order valence-electron chi connectivity index (χ2n) is 9.04. The number of carbonyl (C=O) groups is 1. The lowest BCUT2D eigenvalue weighted by atomic mass is 9.91. The molecule has 0 fully saturated rings. The predicted octanol–water partition coefficient (Wildman–Crippen LogP) is 3.43. The molecule has 0 saturated carbocycles. The second kappa shape index (κ2) is 10.5. The average molecular weight is 656 g/mol. The molecule has 0 bridgehead atoms. The molecule has 0 aromatic rings. The van der Waals surface area contributed by atoms with Crippen LogP contribution < -0.4 is 5.11 Å². The molecular formula is C16H17F17N2O4S. The summed E-state index contributed by atoms with van der Waals surface area (Å²) in [6.07, 6.45) is -8.70. The van der Waals surface area contributed by atoms with Gasteiger partial charge in [-0.3, -0.25) is 0 Å². The van der Waals surface area contributed by atoms with Crippen LogP contribution in [0.15, 0.2) is 0 Å². The molecule has 6 nitrogen and oxygen atoms in total. The van der Waals surface area contributed by atoms with Crippen molar-refractivity contribution in [2.75, 3.05) is 40.8 Å². The number of carbonyl (C=O) groups excluding carboxylic acids is 1. The van der Waals surface area contributed by atoms with Gasteiger partial charge in [0.05, 0.1) is 40.2 Å². The van der Waals surface area contributed by atoms with E-state index in [2.05, 4.69) is 0 Å². The van der Waals surface area contributed by atoms with Crippen molar-refractivity contribution < 1.29 is 97.4 Å². The number of carboxylic acids is 1. The van der Waals surface area contributed by atoms with Crippen molar-refractivity contribution in [1.29, 1.82) is 0 Å². The van der Waals surface area contributed by atoms with Crippen molar-refractivity contribution in [2.45, 2.75) is 53.4 Å². The first-order valence-electron chi connectivity index (χ1n) is 9.73. The standard InChI is InChI=1S/C16H17F17N2O4S/c1-35(2,3)6-4-5-34(7-8(36)37)40(38,39)16(32,33)14(27,28)12(23,24)10(19,20)9(17,18)11(21,22)13(25,26)15(29,30)31/h4-7H2,1-3H3. The number of halogens is 17. The fourth-order valence-electron chi connectivity index (χ4n) is 2.62. The van der Waals surface area contributed by atoms with Crippen LogP contribution in [0.3, 0.4) is 0 Å². The Bertz CT molecular complexity index is 1040.